The molecule has 0 fully saturated rings. The number of benzene rings is 1. The number of carbonyl (C=O) groups excluding carboxylic acids is 2. The Morgan fingerprint density at radius 3 is 2.57 bits per heavy atom. The molecule has 0 saturated heterocycles. The summed E-state index contributed by atoms with van der Waals surface area (Å²) in [6, 6.07) is 13.9. The van der Waals surface area contributed by atoms with Gasteiger partial charge < -0.3 is 10.5 Å². The third-order valence-electron chi connectivity index (χ3n) is 2.76. The Balaban J connectivity index is 2.01. The maximum absolute atomic E-state index is 11.5. The summed E-state index contributed by atoms with van der Waals surface area (Å²) in [5.41, 5.74) is 6.15. The van der Waals surface area contributed by atoms with E-state index in [1.165, 1.54) is 13.0 Å². The van der Waals surface area contributed by atoms with Crippen LogP contribution in [0.5, 0.6) is 0 Å². The molecule has 2 N–H and O–H groups in total. The summed E-state index contributed by atoms with van der Waals surface area (Å²) in [6.45, 7) is 1.44. The zero-order valence-corrected chi connectivity index (χ0v) is 12.3. The first-order valence-corrected chi connectivity index (χ1v) is 7.21. The molecule has 0 bridgehead atoms. The van der Waals surface area contributed by atoms with Crippen LogP contribution in [-0.2, 0) is 14.3 Å². The normalized spacial score (nSPS) is 12.2. The van der Waals surface area contributed by atoms with Gasteiger partial charge >= 0.3 is 5.97 Å². The molecule has 1 heterocycles. The van der Waals surface area contributed by atoms with Gasteiger partial charge in [0.05, 0.1) is 0 Å². The van der Waals surface area contributed by atoms with E-state index in [9.17, 15) is 9.59 Å². The maximum atomic E-state index is 11.5. The molecule has 0 radical (unpaired) electrons. The van der Waals surface area contributed by atoms with E-state index >= 15 is 0 Å². The SMILES string of the molecule is C[C@@H](OC(=O)/C=C/c1ccc(-c2ccccc2)s1)C(N)=O. The third kappa shape index (κ3) is 4.29. The van der Waals surface area contributed by atoms with Gasteiger partial charge in [-0.1, -0.05) is 30.3 Å². The fourth-order valence-electron chi connectivity index (χ4n) is 1.62. The lowest BCUT2D eigenvalue weighted by Crippen LogP contribution is -2.29. The first kappa shape index (κ1) is 15.0. The number of rotatable bonds is 5. The molecule has 0 aliphatic rings. The fraction of sp³-hybridized carbons (Fsp3) is 0.125. The Hall–Kier alpha value is -2.40. The molecular formula is C16H15NO3S. The molecule has 0 aliphatic carbocycles. The van der Waals surface area contributed by atoms with Crippen molar-refractivity contribution in [3.05, 3.63) is 53.4 Å². The summed E-state index contributed by atoms with van der Waals surface area (Å²) < 4.78 is 4.83. The van der Waals surface area contributed by atoms with Crippen molar-refractivity contribution >= 4 is 29.3 Å². The van der Waals surface area contributed by atoms with Crippen molar-refractivity contribution in [1.29, 1.82) is 0 Å². The minimum atomic E-state index is -0.926. The molecule has 108 valence electrons. The van der Waals surface area contributed by atoms with Crippen molar-refractivity contribution < 1.29 is 14.3 Å². The van der Waals surface area contributed by atoms with Gasteiger partial charge in [0.1, 0.15) is 0 Å². The predicted octanol–water partition coefficient (Wildman–Crippen LogP) is 2.85. The Labute approximate surface area is 126 Å². The summed E-state index contributed by atoms with van der Waals surface area (Å²) in [7, 11) is 0. The molecule has 1 aromatic heterocycles. The largest absolute Gasteiger partial charge is 0.449 e. The van der Waals surface area contributed by atoms with E-state index in [1.54, 1.807) is 17.4 Å². The highest BCUT2D eigenvalue weighted by Gasteiger charge is 2.12. The number of nitrogens with two attached hydrogens (primary N) is 1. The van der Waals surface area contributed by atoms with Crippen molar-refractivity contribution in [3.63, 3.8) is 0 Å². The molecule has 0 spiro atoms. The van der Waals surface area contributed by atoms with Gasteiger partial charge in [0.2, 0.25) is 0 Å². The van der Waals surface area contributed by atoms with Crippen LogP contribution in [0.3, 0.4) is 0 Å². The van der Waals surface area contributed by atoms with Gasteiger partial charge in [-0.2, -0.15) is 0 Å². The smallest absolute Gasteiger partial charge is 0.331 e. The Kier molecular flexibility index (Phi) is 4.90. The number of esters is 1. The zero-order chi connectivity index (χ0) is 15.2. The van der Waals surface area contributed by atoms with Crippen molar-refractivity contribution in [1.82, 2.24) is 0 Å². The monoisotopic (exact) mass is 301 g/mol. The Morgan fingerprint density at radius 1 is 1.19 bits per heavy atom. The van der Waals surface area contributed by atoms with Crippen LogP contribution in [0, 0.1) is 0 Å². The van der Waals surface area contributed by atoms with E-state index in [1.807, 2.05) is 42.5 Å². The highest BCUT2D eigenvalue weighted by molar-refractivity contribution is 7.16. The molecular weight excluding hydrogens is 286 g/mol. The lowest BCUT2D eigenvalue weighted by atomic mass is 10.2. The number of ether oxygens (including phenoxy) is 1. The van der Waals surface area contributed by atoms with Crippen molar-refractivity contribution in [2.24, 2.45) is 5.73 Å². The number of primary amides is 1. The number of carbonyl (C=O) groups is 2. The summed E-state index contributed by atoms with van der Waals surface area (Å²) in [4.78, 5) is 24.3. The molecule has 0 aliphatic heterocycles. The van der Waals surface area contributed by atoms with E-state index in [0.717, 1.165) is 15.3 Å². The summed E-state index contributed by atoms with van der Waals surface area (Å²) >= 11 is 1.57. The van der Waals surface area contributed by atoms with E-state index in [2.05, 4.69) is 0 Å². The van der Waals surface area contributed by atoms with Crippen LogP contribution in [-0.4, -0.2) is 18.0 Å². The lowest BCUT2D eigenvalue weighted by molar-refractivity contribution is -0.148. The quantitative estimate of drug-likeness (QED) is 0.682. The van der Waals surface area contributed by atoms with Crippen LogP contribution in [0.2, 0.25) is 0 Å². The average Bonchev–Trinajstić information content (AvgIpc) is 2.95. The van der Waals surface area contributed by atoms with Crippen molar-refractivity contribution in [2.75, 3.05) is 0 Å². The molecule has 1 amide bonds. The van der Waals surface area contributed by atoms with E-state index in [0.29, 0.717) is 0 Å². The standard InChI is InChI=1S/C16H15NO3S/c1-11(16(17)19)20-15(18)10-8-13-7-9-14(21-13)12-5-3-2-4-6-12/h2-11H,1H3,(H2,17,19)/b10-8+/t11-/m1/s1. The first-order chi connectivity index (χ1) is 10.1. The third-order valence-corrected chi connectivity index (χ3v) is 3.86. The summed E-state index contributed by atoms with van der Waals surface area (Å²) in [5.74, 6) is -1.25. The van der Waals surface area contributed by atoms with Crippen LogP contribution in [0.25, 0.3) is 16.5 Å². The van der Waals surface area contributed by atoms with Gasteiger partial charge in [-0.15, -0.1) is 11.3 Å². The summed E-state index contributed by atoms with van der Waals surface area (Å²) in [5, 5.41) is 0. The molecule has 5 heteroatoms. The van der Waals surface area contributed by atoms with Crippen molar-refractivity contribution in [3.8, 4) is 10.4 Å². The number of hydrogen-bond donors (Lipinski definition) is 1. The molecule has 0 unspecified atom stereocenters. The lowest BCUT2D eigenvalue weighted by Gasteiger charge is -2.06. The van der Waals surface area contributed by atoms with E-state index in [-0.39, 0.29) is 0 Å². The van der Waals surface area contributed by atoms with Gasteiger partial charge in [-0.3, -0.25) is 4.79 Å². The molecule has 4 nitrogen and oxygen atoms in total. The maximum Gasteiger partial charge on any atom is 0.331 e. The van der Waals surface area contributed by atoms with Gasteiger partial charge in [0.25, 0.3) is 5.91 Å². The molecule has 1 aromatic carbocycles. The highest BCUT2D eigenvalue weighted by Crippen LogP contribution is 2.28. The molecule has 2 rings (SSSR count). The second kappa shape index (κ2) is 6.85. The number of hydrogen-bond acceptors (Lipinski definition) is 4. The van der Waals surface area contributed by atoms with Crippen LogP contribution in [0.1, 0.15) is 11.8 Å². The topological polar surface area (TPSA) is 69.4 Å². The molecule has 0 saturated carbocycles. The predicted molar refractivity (Wildman–Crippen MR) is 83.5 cm³/mol. The highest BCUT2D eigenvalue weighted by atomic mass is 32.1. The van der Waals surface area contributed by atoms with E-state index in [4.69, 9.17) is 10.5 Å². The van der Waals surface area contributed by atoms with Gasteiger partial charge in [0.15, 0.2) is 6.10 Å². The van der Waals surface area contributed by atoms with Crippen molar-refractivity contribution in [2.45, 2.75) is 13.0 Å². The Bertz CT molecular complexity index is 661. The fourth-order valence-corrected chi connectivity index (χ4v) is 2.54. The van der Waals surface area contributed by atoms with Gasteiger partial charge in [-0.25, -0.2) is 4.79 Å². The second-order valence-corrected chi connectivity index (χ2v) is 5.50. The van der Waals surface area contributed by atoms with Crippen LogP contribution in [0.15, 0.2) is 48.5 Å². The minimum Gasteiger partial charge on any atom is -0.449 e. The molecule has 1 atom stereocenters. The number of thiophene rings is 1. The second-order valence-electron chi connectivity index (χ2n) is 4.38. The molecule has 21 heavy (non-hydrogen) atoms. The van der Waals surface area contributed by atoms with Gasteiger partial charge in [-0.05, 0) is 30.7 Å². The van der Waals surface area contributed by atoms with Crippen LogP contribution in [0.4, 0.5) is 0 Å². The van der Waals surface area contributed by atoms with Crippen LogP contribution >= 0.6 is 11.3 Å². The van der Waals surface area contributed by atoms with E-state index < -0.39 is 18.0 Å². The summed E-state index contributed by atoms with van der Waals surface area (Å²) in [6.07, 6.45) is 2.03. The average molecular weight is 301 g/mol. The van der Waals surface area contributed by atoms with Crippen LogP contribution < -0.4 is 5.73 Å². The number of amides is 1. The minimum absolute atomic E-state index is 0.587. The first-order valence-electron chi connectivity index (χ1n) is 6.39. The Morgan fingerprint density at radius 2 is 1.90 bits per heavy atom. The van der Waals surface area contributed by atoms with Gasteiger partial charge in [0, 0.05) is 15.8 Å². The zero-order valence-electron chi connectivity index (χ0n) is 11.5. The molecule has 2 aromatic rings.